The lowest BCUT2D eigenvalue weighted by atomic mass is 10.2. The Kier molecular flexibility index (Phi) is 7.55. The second kappa shape index (κ2) is 10.5. The number of benzene rings is 2. The smallest absolute Gasteiger partial charge is 0.239 e. The first-order valence-corrected chi connectivity index (χ1v) is 12.2. The largest absolute Gasteiger partial charge is 0.379 e. The predicted molar refractivity (Wildman–Crippen MR) is 126 cm³/mol. The highest BCUT2D eigenvalue weighted by atomic mass is 32.2. The van der Waals surface area contributed by atoms with Gasteiger partial charge in [-0.05, 0) is 55.3 Å². The van der Waals surface area contributed by atoms with E-state index in [-0.39, 0.29) is 17.5 Å². The molecule has 2 aromatic carbocycles. The molecule has 0 spiro atoms. The third-order valence-corrected chi connectivity index (χ3v) is 7.24. The molecule has 1 aromatic heterocycles. The molecule has 0 atom stereocenters. The average molecular weight is 460 g/mol. The van der Waals surface area contributed by atoms with Crippen LogP contribution in [-0.2, 0) is 9.53 Å². The minimum absolute atomic E-state index is 0.0204. The maximum absolute atomic E-state index is 13.2. The van der Waals surface area contributed by atoms with E-state index in [0.717, 1.165) is 59.5 Å². The Morgan fingerprint density at radius 3 is 2.77 bits per heavy atom. The molecule has 0 unspecified atom stereocenters. The summed E-state index contributed by atoms with van der Waals surface area (Å²) >= 11 is 2.98. The van der Waals surface area contributed by atoms with Gasteiger partial charge < -0.3 is 4.74 Å². The number of rotatable bonds is 8. The van der Waals surface area contributed by atoms with Crippen LogP contribution in [0.15, 0.2) is 47.4 Å². The van der Waals surface area contributed by atoms with Gasteiger partial charge in [0.25, 0.3) is 0 Å². The second-order valence-electron chi connectivity index (χ2n) is 7.56. The number of fused-ring (bicyclic) bond motifs is 1. The van der Waals surface area contributed by atoms with Gasteiger partial charge in [-0.25, -0.2) is 9.37 Å². The summed E-state index contributed by atoms with van der Waals surface area (Å²) in [5, 5.41) is 0.743. The number of aryl methyl sites for hydroxylation is 1. The van der Waals surface area contributed by atoms with Crippen LogP contribution in [0.2, 0.25) is 0 Å². The lowest BCUT2D eigenvalue weighted by Gasteiger charge is -2.27. The lowest BCUT2D eigenvalue weighted by Crippen LogP contribution is -2.39. The fraction of sp³-hybridized carbons (Fsp3) is 0.391. The van der Waals surface area contributed by atoms with E-state index in [2.05, 4.69) is 17.9 Å². The summed E-state index contributed by atoms with van der Waals surface area (Å²) in [4.78, 5) is 23.0. The monoisotopic (exact) mass is 459 g/mol. The Labute approximate surface area is 190 Å². The molecule has 1 saturated heterocycles. The van der Waals surface area contributed by atoms with Crippen LogP contribution in [0.4, 0.5) is 9.52 Å². The Morgan fingerprint density at radius 2 is 2.00 bits per heavy atom. The van der Waals surface area contributed by atoms with Crippen LogP contribution in [0.1, 0.15) is 12.0 Å². The molecule has 0 bridgehead atoms. The van der Waals surface area contributed by atoms with Crippen LogP contribution in [-0.4, -0.2) is 60.9 Å². The summed E-state index contributed by atoms with van der Waals surface area (Å²) in [5.41, 5.74) is 2.10. The quantitative estimate of drug-likeness (QED) is 0.461. The summed E-state index contributed by atoms with van der Waals surface area (Å²) in [7, 11) is 0. The van der Waals surface area contributed by atoms with Crippen molar-refractivity contribution in [3.63, 3.8) is 0 Å². The van der Waals surface area contributed by atoms with Gasteiger partial charge in [0.2, 0.25) is 5.91 Å². The van der Waals surface area contributed by atoms with E-state index in [1.54, 1.807) is 23.5 Å². The molecule has 4 rings (SSSR count). The fourth-order valence-corrected chi connectivity index (χ4v) is 5.37. The van der Waals surface area contributed by atoms with Crippen molar-refractivity contribution in [1.82, 2.24) is 9.88 Å². The zero-order valence-corrected chi connectivity index (χ0v) is 19.2. The fourth-order valence-electron chi connectivity index (χ4n) is 3.49. The first kappa shape index (κ1) is 22.2. The number of aromatic nitrogens is 1. The van der Waals surface area contributed by atoms with E-state index in [4.69, 9.17) is 9.72 Å². The summed E-state index contributed by atoms with van der Waals surface area (Å²) in [6.07, 6.45) is 0.877. The van der Waals surface area contributed by atoms with Crippen LogP contribution in [0.5, 0.6) is 0 Å². The number of thiazole rings is 1. The standard InChI is InChI=1S/C23H26FN3O2S2/c1-17-3-8-20-21(15-17)31-23(25-20)27(10-2-9-26-11-13-29-14-12-26)22(28)16-30-19-6-4-18(24)5-7-19/h3-8,15H,2,9-14,16H2,1H3. The number of carbonyl (C=O) groups is 1. The van der Waals surface area contributed by atoms with Gasteiger partial charge in [0, 0.05) is 31.1 Å². The van der Waals surface area contributed by atoms with Crippen LogP contribution in [0, 0.1) is 12.7 Å². The highest BCUT2D eigenvalue weighted by molar-refractivity contribution is 8.00. The van der Waals surface area contributed by atoms with E-state index < -0.39 is 0 Å². The number of morpholine rings is 1. The van der Waals surface area contributed by atoms with E-state index >= 15 is 0 Å². The summed E-state index contributed by atoms with van der Waals surface area (Å²) < 4.78 is 19.7. The Morgan fingerprint density at radius 1 is 1.23 bits per heavy atom. The first-order chi connectivity index (χ1) is 15.1. The van der Waals surface area contributed by atoms with Gasteiger partial charge in [-0.3, -0.25) is 14.6 Å². The second-order valence-corrected chi connectivity index (χ2v) is 9.62. The van der Waals surface area contributed by atoms with Crippen molar-refractivity contribution in [3.8, 4) is 0 Å². The predicted octanol–water partition coefficient (Wildman–Crippen LogP) is 4.59. The zero-order chi connectivity index (χ0) is 21.6. The molecule has 0 saturated carbocycles. The molecule has 1 fully saturated rings. The Hall–Kier alpha value is -2.00. The summed E-state index contributed by atoms with van der Waals surface area (Å²) in [6.45, 7) is 7.04. The molecular weight excluding hydrogens is 433 g/mol. The molecule has 0 N–H and O–H groups in total. The van der Waals surface area contributed by atoms with E-state index in [1.807, 2.05) is 17.0 Å². The van der Waals surface area contributed by atoms with Crippen LogP contribution >= 0.6 is 23.1 Å². The molecule has 0 aliphatic carbocycles. The normalized spacial score (nSPS) is 14.8. The van der Waals surface area contributed by atoms with Gasteiger partial charge >= 0.3 is 0 Å². The highest BCUT2D eigenvalue weighted by Crippen LogP contribution is 2.30. The third kappa shape index (κ3) is 6.04. The third-order valence-electron chi connectivity index (χ3n) is 5.20. The van der Waals surface area contributed by atoms with Crippen molar-refractivity contribution < 1.29 is 13.9 Å². The van der Waals surface area contributed by atoms with Gasteiger partial charge in [0.1, 0.15) is 5.82 Å². The Balaban J connectivity index is 1.46. The molecule has 1 aliphatic heterocycles. The topological polar surface area (TPSA) is 45.7 Å². The Bertz CT molecular complexity index is 1020. The minimum Gasteiger partial charge on any atom is -0.379 e. The number of halogens is 1. The average Bonchev–Trinajstić information content (AvgIpc) is 3.19. The number of ether oxygens (including phenoxy) is 1. The molecule has 8 heteroatoms. The maximum Gasteiger partial charge on any atom is 0.239 e. The van der Waals surface area contributed by atoms with Gasteiger partial charge in [-0.1, -0.05) is 17.4 Å². The van der Waals surface area contributed by atoms with Crippen molar-refractivity contribution in [2.75, 3.05) is 50.0 Å². The number of hydrogen-bond acceptors (Lipinski definition) is 6. The molecule has 1 aliphatic rings. The van der Waals surface area contributed by atoms with Crippen molar-refractivity contribution >= 4 is 44.4 Å². The molecule has 31 heavy (non-hydrogen) atoms. The van der Waals surface area contributed by atoms with Gasteiger partial charge in [0.05, 0.1) is 29.2 Å². The number of hydrogen-bond donors (Lipinski definition) is 0. The molecular formula is C23H26FN3O2S2. The van der Waals surface area contributed by atoms with Gasteiger partial charge in [-0.15, -0.1) is 11.8 Å². The van der Waals surface area contributed by atoms with Crippen molar-refractivity contribution in [2.24, 2.45) is 0 Å². The number of amides is 1. The van der Waals surface area contributed by atoms with Crippen LogP contribution < -0.4 is 4.90 Å². The van der Waals surface area contributed by atoms with Gasteiger partial charge in [-0.2, -0.15) is 0 Å². The zero-order valence-electron chi connectivity index (χ0n) is 17.6. The SMILES string of the molecule is Cc1ccc2nc(N(CCCN3CCOCC3)C(=O)CSc3ccc(F)cc3)sc2c1. The highest BCUT2D eigenvalue weighted by Gasteiger charge is 2.21. The van der Waals surface area contributed by atoms with E-state index in [9.17, 15) is 9.18 Å². The summed E-state index contributed by atoms with van der Waals surface area (Å²) in [5.74, 6) is 0.0373. The number of nitrogens with zero attached hydrogens (tertiary/aromatic N) is 3. The number of carbonyl (C=O) groups excluding carboxylic acids is 1. The van der Waals surface area contributed by atoms with Crippen molar-refractivity contribution in [1.29, 1.82) is 0 Å². The molecule has 3 aromatic rings. The maximum atomic E-state index is 13.2. The van der Waals surface area contributed by atoms with Crippen molar-refractivity contribution in [2.45, 2.75) is 18.2 Å². The number of anilines is 1. The van der Waals surface area contributed by atoms with E-state index in [1.165, 1.54) is 29.5 Å². The van der Waals surface area contributed by atoms with Crippen LogP contribution in [0.3, 0.4) is 0 Å². The van der Waals surface area contributed by atoms with Crippen LogP contribution in [0.25, 0.3) is 10.2 Å². The molecule has 5 nitrogen and oxygen atoms in total. The summed E-state index contributed by atoms with van der Waals surface area (Å²) in [6, 6.07) is 12.4. The molecule has 2 heterocycles. The lowest BCUT2D eigenvalue weighted by molar-refractivity contribution is -0.116. The minimum atomic E-state index is -0.273. The molecule has 164 valence electrons. The van der Waals surface area contributed by atoms with E-state index in [0.29, 0.717) is 6.54 Å². The van der Waals surface area contributed by atoms with Gasteiger partial charge in [0.15, 0.2) is 5.13 Å². The molecule has 0 radical (unpaired) electrons. The first-order valence-electron chi connectivity index (χ1n) is 10.4. The number of thioether (sulfide) groups is 1. The van der Waals surface area contributed by atoms with Crippen molar-refractivity contribution in [3.05, 3.63) is 53.8 Å². The molecule has 1 amide bonds.